The van der Waals surface area contributed by atoms with Crippen molar-refractivity contribution in [3.05, 3.63) is 35.4 Å². The molecule has 0 radical (unpaired) electrons. The van der Waals surface area contributed by atoms with Gasteiger partial charge in [0.15, 0.2) is 15.6 Å². The third-order valence-corrected chi connectivity index (χ3v) is 5.78. The first-order valence-corrected chi connectivity index (χ1v) is 8.31. The molecule has 0 aliphatic heterocycles. The summed E-state index contributed by atoms with van der Waals surface area (Å²) in [6.45, 7) is 0. The Balaban J connectivity index is 2.14. The number of benzene rings is 1. The smallest absolute Gasteiger partial charge is 0.180 e. The minimum atomic E-state index is -3.57. The van der Waals surface area contributed by atoms with E-state index in [1.54, 1.807) is 0 Å². The van der Waals surface area contributed by atoms with Crippen LogP contribution in [0.2, 0.25) is 0 Å². The van der Waals surface area contributed by atoms with Gasteiger partial charge in [0, 0.05) is 6.07 Å². The van der Waals surface area contributed by atoms with Crippen LogP contribution >= 0.6 is 0 Å². The van der Waals surface area contributed by atoms with E-state index < -0.39 is 38.3 Å². The highest BCUT2D eigenvalue weighted by atomic mass is 32.2. The lowest BCUT2D eigenvalue weighted by atomic mass is 10.0. The van der Waals surface area contributed by atoms with E-state index in [1.165, 1.54) is 0 Å². The number of Topliss-reactive ketones (excluding diaryl/α,β-unsaturated/α-hetero) is 1. The van der Waals surface area contributed by atoms with Crippen LogP contribution in [0.3, 0.4) is 0 Å². The Morgan fingerprint density at radius 2 is 1.80 bits per heavy atom. The molecule has 1 fully saturated rings. The van der Waals surface area contributed by atoms with Gasteiger partial charge in [-0.05, 0) is 25.0 Å². The van der Waals surface area contributed by atoms with Gasteiger partial charge in [0.25, 0.3) is 0 Å². The average Bonchev–Trinajstić information content (AvgIpc) is 2.39. The predicted molar refractivity (Wildman–Crippen MR) is 71.3 cm³/mol. The van der Waals surface area contributed by atoms with Crippen LogP contribution in [-0.4, -0.2) is 25.2 Å². The average molecular weight is 302 g/mol. The molecule has 0 unspecified atom stereocenters. The van der Waals surface area contributed by atoms with E-state index in [2.05, 4.69) is 0 Å². The summed E-state index contributed by atoms with van der Waals surface area (Å²) in [4.78, 5) is 11.9. The van der Waals surface area contributed by atoms with E-state index in [4.69, 9.17) is 0 Å². The minimum absolute atomic E-state index is 0.370. The van der Waals surface area contributed by atoms with E-state index in [1.807, 2.05) is 0 Å². The van der Waals surface area contributed by atoms with Crippen molar-refractivity contribution in [2.24, 2.45) is 0 Å². The lowest BCUT2D eigenvalue weighted by molar-refractivity contribution is 0.101. The number of hydrogen-bond donors (Lipinski definition) is 0. The Morgan fingerprint density at radius 1 is 1.15 bits per heavy atom. The fourth-order valence-electron chi connectivity index (χ4n) is 2.52. The van der Waals surface area contributed by atoms with Gasteiger partial charge < -0.3 is 0 Å². The Bertz CT molecular complexity index is 605. The van der Waals surface area contributed by atoms with Crippen molar-refractivity contribution in [3.63, 3.8) is 0 Å². The number of halogens is 2. The van der Waals surface area contributed by atoms with Gasteiger partial charge in [-0.3, -0.25) is 4.79 Å². The monoisotopic (exact) mass is 302 g/mol. The van der Waals surface area contributed by atoms with E-state index in [-0.39, 0.29) is 5.56 Å². The zero-order valence-electron chi connectivity index (χ0n) is 10.9. The molecule has 1 aliphatic carbocycles. The molecule has 1 aliphatic rings. The Morgan fingerprint density at radius 3 is 2.40 bits per heavy atom. The predicted octanol–water partition coefficient (Wildman–Crippen LogP) is 2.90. The van der Waals surface area contributed by atoms with Crippen LogP contribution in [0.15, 0.2) is 18.2 Å². The molecule has 2 rings (SSSR count). The molecular formula is C14H16F2O3S. The maximum absolute atomic E-state index is 13.5. The molecule has 0 bridgehead atoms. The molecule has 3 nitrogen and oxygen atoms in total. The molecule has 1 aromatic carbocycles. The molecule has 110 valence electrons. The molecule has 0 N–H and O–H groups in total. The molecule has 1 aromatic rings. The van der Waals surface area contributed by atoms with Crippen LogP contribution < -0.4 is 0 Å². The first-order valence-electron chi connectivity index (χ1n) is 6.60. The Labute approximate surface area is 116 Å². The summed E-state index contributed by atoms with van der Waals surface area (Å²) in [6.07, 6.45) is 3.79. The molecule has 1 saturated carbocycles. The second kappa shape index (κ2) is 5.99. The van der Waals surface area contributed by atoms with Crippen LogP contribution in [0.5, 0.6) is 0 Å². The standard InChI is InChI=1S/C14H16F2O3S/c15-10-6-7-12(13(16)8-10)14(17)9-20(18,19)11-4-2-1-3-5-11/h6-8,11H,1-5,9H2. The zero-order chi connectivity index (χ0) is 14.8. The van der Waals surface area contributed by atoms with Crippen molar-refractivity contribution >= 4 is 15.6 Å². The largest absolute Gasteiger partial charge is 0.293 e. The molecule has 0 spiro atoms. The first-order chi connectivity index (χ1) is 9.40. The highest BCUT2D eigenvalue weighted by Crippen LogP contribution is 2.25. The van der Waals surface area contributed by atoms with E-state index in [0.717, 1.165) is 31.4 Å². The topological polar surface area (TPSA) is 51.2 Å². The molecule has 0 amide bonds. The van der Waals surface area contributed by atoms with Crippen molar-refractivity contribution in [2.75, 3.05) is 5.75 Å². The SMILES string of the molecule is O=C(CS(=O)(=O)C1CCCCC1)c1ccc(F)cc1F. The number of sulfone groups is 1. The third kappa shape index (κ3) is 3.42. The maximum atomic E-state index is 13.5. The highest BCUT2D eigenvalue weighted by molar-refractivity contribution is 7.92. The second-order valence-electron chi connectivity index (χ2n) is 5.11. The molecular weight excluding hydrogens is 286 g/mol. The number of carbonyl (C=O) groups is 1. The number of ketones is 1. The molecule has 6 heteroatoms. The molecule has 0 aromatic heterocycles. The van der Waals surface area contributed by atoms with Crippen molar-refractivity contribution < 1.29 is 22.0 Å². The summed E-state index contributed by atoms with van der Waals surface area (Å²) in [7, 11) is -3.57. The van der Waals surface area contributed by atoms with Gasteiger partial charge in [-0.1, -0.05) is 19.3 Å². The lowest BCUT2D eigenvalue weighted by Crippen LogP contribution is -2.30. The second-order valence-corrected chi connectivity index (χ2v) is 7.40. The van der Waals surface area contributed by atoms with Crippen LogP contribution in [0.1, 0.15) is 42.5 Å². The Hall–Kier alpha value is -1.30. The van der Waals surface area contributed by atoms with Gasteiger partial charge in [0.1, 0.15) is 17.4 Å². The van der Waals surface area contributed by atoms with Crippen molar-refractivity contribution in [3.8, 4) is 0 Å². The van der Waals surface area contributed by atoms with Crippen LogP contribution in [0.4, 0.5) is 8.78 Å². The summed E-state index contributed by atoms with van der Waals surface area (Å²) >= 11 is 0. The van der Waals surface area contributed by atoms with Crippen molar-refractivity contribution in [1.82, 2.24) is 0 Å². The summed E-state index contributed by atoms with van der Waals surface area (Å²) in [5.41, 5.74) is -0.370. The van der Waals surface area contributed by atoms with E-state index in [9.17, 15) is 22.0 Å². The van der Waals surface area contributed by atoms with Crippen molar-refractivity contribution in [1.29, 1.82) is 0 Å². The van der Waals surface area contributed by atoms with Gasteiger partial charge >= 0.3 is 0 Å². The third-order valence-electron chi connectivity index (χ3n) is 3.62. The van der Waals surface area contributed by atoms with Crippen molar-refractivity contribution in [2.45, 2.75) is 37.4 Å². The fourth-order valence-corrected chi connectivity index (χ4v) is 4.33. The van der Waals surface area contributed by atoms with E-state index in [0.29, 0.717) is 18.9 Å². The summed E-state index contributed by atoms with van der Waals surface area (Å²) in [5.74, 6) is -3.34. The summed E-state index contributed by atoms with van der Waals surface area (Å²) in [5, 5.41) is -0.510. The van der Waals surface area contributed by atoms with Crippen LogP contribution in [0.25, 0.3) is 0 Å². The molecule has 20 heavy (non-hydrogen) atoms. The number of rotatable bonds is 4. The quantitative estimate of drug-likeness (QED) is 0.804. The van der Waals surface area contributed by atoms with Crippen LogP contribution in [0, 0.1) is 11.6 Å². The van der Waals surface area contributed by atoms with Gasteiger partial charge in [0.05, 0.1) is 10.8 Å². The Kier molecular flexibility index (Phi) is 4.52. The zero-order valence-corrected chi connectivity index (χ0v) is 11.8. The number of hydrogen-bond acceptors (Lipinski definition) is 3. The summed E-state index contributed by atoms with van der Waals surface area (Å²) in [6, 6.07) is 2.52. The number of carbonyl (C=O) groups excluding carboxylic acids is 1. The lowest BCUT2D eigenvalue weighted by Gasteiger charge is -2.21. The van der Waals surface area contributed by atoms with Gasteiger partial charge in [0.2, 0.25) is 0 Å². The summed E-state index contributed by atoms with van der Waals surface area (Å²) < 4.78 is 50.5. The van der Waals surface area contributed by atoms with E-state index >= 15 is 0 Å². The molecule has 0 heterocycles. The molecule has 0 saturated heterocycles. The highest BCUT2D eigenvalue weighted by Gasteiger charge is 2.30. The van der Waals surface area contributed by atoms with Gasteiger partial charge in [-0.15, -0.1) is 0 Å². The fraction of sp³-hybridized carbons (Fsp3) is 0.500. The maximum Gasteiger partial charge on any atom is 0.180 e. The van der Waals surface area contributed by atoms with Crippen LogP contribution in [-0.2, 0) is 9.84 Å². The van der Waals surface area contributed by atoms with Gasteiger partial charge in [-0.2, -0.15) is 0 Å². The van der Waals surface area contributed by atoms with Gasteiger partial charge in [-0.25, -0.2) is 17.2 Å². The molecule has 0 atom stereocenters. The first kappa shape index (κ1) is 15.1. The normalized spacial score (nSPS) is 17.1. The minimum Gasteiger partial charge on any atom is -0.293 e.